The van der Waals surface area contributed by atoms with Crippen molar-refractivity contribution in [3.05, 3.63) is 24.3 Å². The van der Waals surface area contributed by atoms with Crippen molar-refractivity contribution in [1.82, 2.24) is 4.90 Å². The summed E-state index contributed by atoms with van der Waals surface area (Å²) in [6.45, 7) is 6.71. The van der Waals surface area contributed by atoms with Crippen LogP contribution >= 0.6 is 0 Å². The van der Waals surface area contributed by atoms with E-state index in [1.807, 2.05) is 29.2 Å². The largest absolute Gasteiger partial charge is 0.380 e. The Morgan fingerprint density at radius 1 is 1.08 bits per heavy atom. The van der Waals surface area contributed by atoms with Crippen LogP contribution in [0.25, 0.3) is 0 Å². The Bertz CT molecular complexity index is 548. The van der Waals surface area contributed by atoms with Gasteiger partial charge in [0, 0.05) is 24.5 Å². The van der Waals surface area contributed by atoms with E-state index in [4.69, 9.17) is 4.74 Å². The van der Waals surface area contributed by atoms with Crippen molar-refractivity contribution in [1.29, 1.82) is 0 Å². The van der Waals surface area contributed by atoms with Gasteiger partial charge in [0.15, 0.2) is 0 Å². The van der Waals surface area contributed by atoms with Gasteiger partial charge < -0.3 is 20.3 Å². The molecule has 2 N–H and O–H groups in total. The fourth-order valence-electron chi connectivity index (χ4n) is 3.49. The molecule has 2 fully saturated rings. The van der Waals surface area contributed by atoms with E-state index >= 15 is 0 Å². The summed E-state index contributed by atoms with van der Waals surface area (Å²) < 4.78 is 5.75. The molecule has 2 aliphatic rings. The van der Waals surface area contributed by atoms with Gasteiger partial charge in [0.2, 0.25) is 0 Å². The zero-order valence-corrected chi connectivity index (χ0v) is 14.8. The summed E-state index contributed by atoms with van der Waals surface area (Å²) >= 11 is 0. The molecule has 1 aromatic carbocycles. The van der Waals surface area contributed by atoms with Crippen molar-refractivity contribution in [2.75, 3.05) is 30.3 Å². The average Bonchev–Trinajstić information content (AvgIpc) is 2.77. The molecule has 2 amide bonds. The summed E-state index contributed by atoms with van der Waals surface area (Å²) in [7, 11) is 0. The van der Waals surface area contributed by atoms with Crippen LogP contribution in [0.5, 0.6) is 0 Å². The Kier molecular flexibility index (Phi) is 5.29. The first-order chi connectivity index (χ1) is 11.5. The number of benzene rings is 1. The van der Waals surface area contributed by atoms with Gasteiger partial charge in [0.25, 0.3) is 0 Å². The number of carbonyl (C=O) groups is 1. The standard InChI is InChI=1S/C19H29N3O2/c1-19(2)13-17(14-24-19)20-15-7-9-16(10-8-15)21-18(23)22-11-5-3-4-6-12-22/h7-10,17,20H,3-6,11-14H2,1-2H3,(H,21,23). The van der Waals surface area contributed by atoms with Crippen LogP contribution in [0, 0.1) is 0 Å². The van der Waals surface area contributed by atoms with Crippen LogP contribution in [0.4, 0.5) is 16.2 Å². The van der Waals surface area contributed by atoms with E-state index in [0.29, 0.717) is 6.04 Å². The van der Waals surface area contributed by atoms with E-state index in [2.05, 4.69) is 24.5 Å². The highest BCUT2D eigenvalue weighted by Gasteiger charge is 2.31. The summed E-state index contributed by atoms with van der Waals surface area (Å²) in [5, 5.41) is 6.51. The number of nitrogens with one attached hydrogen (secondary N) is 2. The number of amides is 2. The molecular formula is C19H29N3O2. The molecule has 1 unspecified atom stereocenters. The second kappa shape index (κ2) is 7.43. The van der Waals surface area contributed by atoms with Gasteiger partial charge in [-0.1, -0.05) is 12.8 Å². The zero-order valence-electron chi connectivity index (χ0n) is 14.8. The molecule has 2 saturated heterocycles. The molecule has 0 spiro atoms. The van der Waals surface area contributed by atoms with E-state index in [9.17, 15) is 4.79 Å². The lowest BCUT2D eigenvalue weighted by Gasteiger charge is -2.21. The van der Waals surface area contributed by atoms with Gasteiger partial charge >= 0.3 is 6.03 Å². The van der Waals surface area contributed by atoms with Crippen molar-refractivity contribution in [3.8, 4) is 0 Å². The summed E-state index contributed by atoms with van der Waals surface area (Å²) in [6.07, 6.45) is 5.67. The average molecular weight is 331 g/mol. The minimum absolute atomic E-state index is 0.0172. The molecule has 0 radical (unpaired) electrons. The van der Waals surface area contributed by atoms with Crippen LogP contribution in [0.15, 0.2) is 24.3 Å². The molecule has 3 rings (SSSR count). The van der Waals surface area contributed by atoms with E-state index < -0.39 is 0 Å². The second-order valence-corrected chi connectivity index (χ2v) is 7.52. The normalized spacial score (nSPS) is 23.6. The highest BCUT2D eigenvalue weighted by Crippen LogP contribution is 2.27. The number of nitrogens with zero attached hydrogens (tertiary/aromatic N) is 1. The van der Waals surface area contributed by atoms with E-state index in [0.717, 1.165) is 50.3 Å². The molecule has 24 heavy (non-hydrogen) atoms. The molecule has 132 valence electrons. The maximum absolute atomic E-state index is 12.3. The molecule has 1 atom stereocenters. The fraction of sp³-hybridized carbons (Fsp3) is 0.632. The number of carbonyl (C=O) groups excluding carboxylic acids is 1. The van der Waals surface area contributed by atoms with E-state index in [1.165, 1.54) is 12.8 Å². The molecule has 5 nitrogen and oxygen atoms in total. The van der Waals surface area contributed by atoms with Crippen molar-refractivity contribution < 1.29 is 9.53 Å². The van der Waals surface area contributed by atoms with Gasteiger partial charge in [0.05, 0.1) is 18.2 Å². The van der Waals surface area contributed by atoms with Gasteiger partial charge in [-0.15, -0.1) is 0 Å². The number of rotatable bonds is 3. The number of anilines is 2. The van der Waals surface area contributed by atoms with Gasteiger partial charge in [-0.3, -0.25) is 0 Å². The fourth-order valence-corrected chi connectivity index (χ4v) is 3.49. The molecule has 0 saturated carbocycles. The summed E-state index contributed by atoms with van der Waals surface area (Å²) in [6, 6.07) is 8.31. The lowest BCUT2D eigenvalue weighted by Crippen LogP contribution is -2.35. The Morgan fingerprint density at radius 2 is 1.71 bits per heavy atom. The Morgan fingerprint density at radius 3 is 2.29 bits per heavy atom. The van der Waals surface area contributed by atoms with Crippen molar-refractivity contribution >= 4 is 17.4 Å². The Hall–Kier alpha value is -1.75. The van der Waals surface area contributed by atoms with Gasteiger partial charge in [-0.2, -0.15) is 0 Å². The summed E-state index contributed by atoms with van der Waals surface area (Å²) in [4.78, 5) is 14.3. The van der Waals surface area contributed by atoms with Crippen LogP contribution in [-0.4, -0.2) is 42.3 Å². The van der Waals surface area contributed by atoms with Crippen LogP contribution in [-0.2, 0) is 4.74 Å². The van der Waals surface area contributed by atoms with Crippen LogP contribution in [0.2, 0.25) is 0 Å². The van der Waals surface area contributed by atoms with Crippen molar-refractivity contribution in [2.24, 2.45) is 0 Å². The number of hydrogen-bond donors (Lipinski definition) is 2. The monoisotopic (exact) mass is 331 g/mol. The van der Waals surface area contributed by atoms with Gasteiger partial charge in [-0.05, 0) is 57.4 Å². The first-order valence-electron chi connectivity index (χ1n) is 9.08. The molecule has 2 heterocycles. The number of likely N-dealkylation sites (tertiary alicyclic amines) is 1. The SMILES string of the molecule is CC1(C)CC(Nc2ccc(NC(=O)N3CCCCCC3)cc2)CO1. The molecule has 0 aromatic heterocycles. The lowest BCUT2D eigenvalue weighted by molar-refractivity contribution is 0.0363. The van der Waals surface area contributed by atoms with Crippen LogP contribution in [0.3, 0.4) is 0 Å². The Labute approximate surface area is 144 Å². The van der Waals surface area contributed by atoms with Crippen molar-refractivity contribution in [3.63, 3.8) is 0 Å². The topological polar surface area (TPSA) is 53.6 Å². The summed E-state index contributed by atoms with van der Waals surface area (Å²) in [5.74, 6) is 0. The predicted molar refractivity (Wildman–Crippen MR) is 97.6 cm³/mol. The molecule has 0 bridgehead atoms. The zero-order chi connectivity index (χ0) is 17.0. The number of ether oxygens (including phenoxy) is 1. The third kappa shape index (κ3) is 4.63. The predicted octanol–water partition coefficient (Wildman–Crippen LogP) is 4.07. The lowest BCUT2D eigenvalue weighted by atomic mass is 10.0. The molecular weight excluding hydrogens is 302 g/mol. The highest BCUT2D eigenvalue weighted by molar-refractivity contribution is 5.89. The Balaban J connectivity index is 1.51. The third-order valence-electron chi connectivity index (χ3n) is 4.81. The second-order valence-electron chi connectivity index (χ2n) is 7.52. The minimum Gasteiger partial charge on any atom is -0.380 e. The first kappa shape index (κ1) is 17.1. The third-order valence-corrected chi connectivity index (χ3v) is 4.81. The molecule has 5 heteroatoms. The molecule has 2 aliphatic heterocycles. The maximum Gasteiger partial charge on any atom is 0.321 e. The van der Waals surface area contributed by atoms with Crippen LogP contribution < -0.4 is 10.6 Å². The quantitative estimate of drug-likeness (QED) is 0.878. The van der Waals surface area contributed by atoms with Gasteiger partial charge in [-0.25, -0.2) is 4.79 Å². The molecule has 0 aliphatic carbocycles. The van der Waals surface area contributed by atoms with Crippen LogP contribution in [0.1, 0.15) is 46.0 Å². The minimum atomic E-state index is -0.0429. The smallest absolute Gasteiger partial charge is 0.321 e. The first-order valence-corrected chi connectivity index (χ1v) is 9.08. The van der Waals surface area contributed by atoms with Crippen molar-refractivity contribution in [2.45, 2.75) is 57.6 Å². The van der Waals surface area contributed by atoms with E-state index in [1.54, 1.807) is 0 Å². The maximum atomic E-state index is 12.3. The van der Waals surface area contributed by atoms with E-state index in [-0.39, 0.29) is 11.6 Å². The highest BCUT2D eigenvalue weighted by atomic mass is 16.5. The number of hydrogen-bond acceptors (Lipinski definition) is 3. The molecule has 1 aromatic rings. The summed E-state index contributed by atoms with van der Waals surface area (Å²) in [5.41, 5.74) is 1.87. The van der Waals surface area contributed by atoms with Gasteiger partial charge in [0.1, 0.15) is 0 Å². The number of urea groups is 1.